The summed E-state index contributed by atoms with van der Waals surface area (Å²) in [6.07, 6.45) is -0.260. The van der Waals surface area contributed by atoms with Gasteiger partial charge in [-0.05, 0) is 24.6 Å². The number of rotatable bonds is 5. The molecule has 3 rings (SSSR count). The highest BCUT2D eigenvalue weighted by Crippen LogP contribution is 2.22. The van der Waals surface area contributed by atoms with Crippen molar-refractivity contribution in [3.63, 3.8) is 0 Å². The van der Waals surface area contributed by atoms with Crippen LogP contribution in [-0.4, -0.2) is 99.4 Å². The molecule has 0 bridgehead atoms. The molecule has 1 amide bonds. The van der Waals surface area contributed by atoms with E-state index in [0.717, 1.165) is 24.6 Å². The van der Waals surface area contributed by atoms with Gasteiger partial charge in [0.05, 0.1) is 25.9 Å². The maximum Gasteiger partial charge on any atom is 0.409 e. The second-order valence-corrected chi connectivity index (χ2v) is 7.32. The smallest absolute Gasteiger partial charge is 0.409 e. The molecule has 2 heterocycles. The Labute approximate surface area is 200 Å². The van der Waals surface area contributed by atoms with E-state index in [-0.39, 0.29) is 41.9 Å². The number of ether oxygens (including phenoxy) is 2. The van der Waals surface area contributed by atoms with Crippen molar-refractivity contribution in [1.29, 1.82) is 0 Å². The van der Waals surface area contributed by atoms with Crippen molar-refractivity contribution >= 4 is 36.0 Å². The molecule has 10 heteroatoms. The fraction of sp³-hybridized carbons (Fsp3) is 0.619. The summed E-state index contributed by atoms with van der Waals surface area (Å²) in [5.74, 6) is 0.571. The van der Waals surface area contributed by atoms with Crippen LogP contribution in [0.3, 0.4) is 0 Å². The van der Waals surface area contributed by atoms with Gasteiger partial charge in [-0.25, -0.2) is 9.18 Å². The standard InChI is InChI=1S/C21H32FN5O3.HI/c1-3-30-21(28)27-10-8-26(9-11-27)20(23-2)24-16-19(25-12-14-29-15-13-25)17-4-6-18(22)7-5-17;/h4-7,19H,3,8-16H2,1-2H3,(H,23,24);1H. The zero-order chi connectivity index (χ0) is 21.3. The van der Waals surface area contributed by atoms with Crippen LogP contribution >= 0.6 is 24.0 Å². The monoisotopic (exact) mass is 549 g/mol. The molecular formula is C21H33FIN5O3. The number of carbonyl (C=O) groups excluding carboxylic acids is 1. The Morgan fingerprint density at radius 3 is 2.32 bits per heavy atom. The van der Waals surface area contributed by atoms with E-state index in [1.165, 1.54) is 12.1 Å². The molecule has 0 aliphatic carbocycles. The van der Waals surface area contributed by atoms with Gasteiger partial charge in [0.2, 0.25) is 0 Å². The second-order valence-electron chi connectivity index (χ2n) is 7.32. The van der Waals surface area contributed by atoms with Gasteiger partial charge in [-0.15, -0.1) is 24.0 Å². The maximum atomic E-state index is 13.4. The van der Waals surface area contributed by atoms with Crippen molar-refractivity contribution in [2.75, 3.05) is 72.7 Å². The first kappa shape index (κ1) is 25.6. The summed E-state index contributed by atoms with van der Waals surface area (Å²) in [4.78, 5) is 22.6. The Morgan fingerprint density at radius 1 is 1.13 bits per heavy atom. The van der Waals surface area contributed by atoms with Gasteiger partial charge < -0.3 is 24.6 Å². The maximum absolute atomic E-state index is 13.4. The molecule has 1 atom stereocenters. The van der Waals surface area contributed by atoms with E-state index < -0.39 is 0 Å². The summed E-state index contributed by atoms with van der Waals surface area (Å²) in [5, 5.41) is 3.48. The molecule has 174 valence electrons. The summed E-state index contributed by atoms with van der Waals surface area (Å²) in [7, 11) is 1.77. The minimum atomic E-state index is -0.260. The lowest BCUT2D eigenvalue weighted by Crippen LogP contribution is -2.55. The Morgan fingerprint density at radius 2 is 1.74 bits per heavy atom. The van der Waals surface area contributed by atoms with Gasteiger partial charge >= 0.3 is 6.09 Å². The lowest BCUT2D eigenvalue weighted by Gasteiger charge is -2.38. The molecule has 1 unspecified atom stereocenters. The van der Waals surface area contributed by atoms with Gasteiger partial charge in [0.15, 0.2) is 5.96 Å². The topological polar surface area (TPSA) is 69.6 Å². The van der Waals surface area contributed by atoms with E-state index in [9.17, 15) is 9.18 Å². The highest BCUT2D eigenvalue weighted by atomic mass is 127. The van der Waals surface area contributed by atoms with E-state index >= 15 is 0 Å². The fourth-order valence-electron chi connectivity index (χ4n) is 3.87. The number of nitrogens with zero attached hydrogens (tertiary/aromatic N) is 4. The number of piperazine rings is 1. The molecule has 0 saturated carbocycles. The number of guanidine groups is 1. The number of carbonyl (C=O) groups is 1. The first-order valence-corrected chi connectivity index (χ1v) is 10.6. The van der Waals surface area contributed by atoms with Crippen LogP contribution in [0.25, 0.3) is 0 Å². The van der Waals surface area contributed by atoms with Gasteiger partial charge in [0, 0.05) is 52.9 Å². The summed E-state index contributed by atoms with van der Waals surface area (Å²) >= 11 is 0. The first-order valence-electron chi connectivity index (χ1n) is 10.6. The van der Waals surface area contributed by atoms with Gasteiger partial charge in [-0.1, -0.05) is 12.1 Å². The predicted molar refractivity (Wildman–Crippen MR) is 128 cm³/mol. The Kier molecular flexibility index (Phi) is 10.7. The summed E-state index contributed by atoms with van der Waals surface area (Å²) in [6, 6.07) is 6.79. The predicted octanol–water partition coefficient (Wildman–Crippen LogP) is 2.17. The molecule has 1 aromatic rings. The first-order chi connectivity index (χ1) is 14.6. The van der Waals surface area contributed by atoms with Crippen LogP contribution in [0.1, 0.15) is 18.5 Å². The zero-order valence-corrected chi connectivity index (χ0v) is 20.6. The summed E-state index contributed by atoms with van der Waals surface area (Å²) in [5.41, 5.74) is 1.06. The molecule has 0 radical (unpaired) electrons. The summed E-state index contributed by atoms with van der Waals surface area (Å²) < 4.78 is 24.0. The highest BCUT2D eigenvalue weighted by molar-refractivity contribution is 14.0. The molecule has 2 aliphatic rings. The largest absolute Gasteiger partial charge is 0.450 e. The number of amides is 1. The fourth-order valence-corrected chi connectivity index (χ4v) is 3.87. The average Bonchev–Trinajstić information content (AvgIpc) is 2.79. The third-order valence-corrected chi connectivity index (χ3v) is 5.51. The van der Waals surface area contributed by atoms with Crippen molar-refractivity contribution in [3.05, 3.63) is 35.6 Å². The van der Waals surface area contributed by atoms with E-state index in [1.54, 1.807) is 11.9 Å². The van der Waals surface area contributed by atoms with Crippen LogP contribution in [0.15, 0.2) is 29.3 Å². The van der Waals surface area contributed by atoms with E-state index in [2.05, 4.69) is 20.1 Å². The number of morpholine rings is 1. The highest BCUT2D eigenvalue weighted by Gasteiger charge is 2.26. The Hall–Kier alpha value is -1.66. The van der Waals surface area contributed by atoms with Crippen molar-refractivity contribution in [3.8, 4) is 0 Å². The van der Waals surface area contributed by atoms with Gasteiger partial charge in [-0.3, -0.25) is 9.89 Å². The molecule has 2 aliphatic heterocycles. The van der Waals surface area contributed by atoms with Gasteiger partial charge in [-0.2, -0.15) is 0 Å². The molecule has 1 N–H and O–H groups in total. The molecule has 8 nitrogen and oxygen atoms in total. The lowest BCUT2D eigenvalue weighted by molar-refractivity contribution is 0.0168. The third kappa shape index (κ3) is 7.18. The quantitative estimate of drug-likeness (QED) is 0.345. The van der Waals surface area contributed by atoms with Crippen molar-refractivity contribution in [2.24, 2.45) is 4.99 Å². The SMILES string of the molecule is CCOC(=O)N1CCN(C(=NC)NCC(c2ccc(F)cc2)N2CCOCC2)CC1.I. The van der Waals surface area contributed by atoms with E-state index in [1.807, 2.05) is 19.1 Å². The van der Waals surface area contributed by atoms with Crippen molar-refractivity contribution < 1.29 is 18.7 Å². The normalized spacial score (nSPS) is 18.9. The zero-order valence-electron chi connectivity index (χ0n) is 18.3. The number of benzene rings is 1. The van der Waals surface area contributed by atoms with E-state index in [0.29, 0.717) is 52.5 Å². The lowest BCUT2D eigenvalue weighted by atomic mass is 10.0. The van der Waals surface area contributed by atoms with Crippen LogP contribution in [0.4, 0.5) is 9.18 Å². The molecule has 2 fully saturated rings. The van der Waals surface area contributed by atoms with Crippen molar-refractivity contribution in [1.82, 2.24) is 20.0 Å². The molecule has 0 spiro atoms. The Bertz CT molecular complexity index is 707. The van der Waals surface area contributed by atoms with Crippen LogP contribution in [0.5, 0.6) is 0 Å². The van der Waals surface area contributed by atoms with E-state index in [4.69, 9.17) is 9.47 Å². The van der Waals surface area contributed by atoms with Gasteiger partial charge in [0.25, 0.3) is 0 Å². The molecule has 1 aromatic carbocycles. The van der Waals surface area contributed by atoms with Gasteiger partial charge in [0.1, 0.15) is 5.82 Å². The molecule has 0 aromatic heterocycles. The van der Waals surface area contributed by atoms with Crippen LogP contribution in [-0.2, 0) is 9.47 Å². The minimum absolute atomic E-state index is 0. The number of hydrogen-bond acceptors (Lipinski definition) is 5. The third-order valence-electron chi connectivity index (χ3n) is 5.51. The Balaban J connectivity index is 0.00000341. The van der Waals surface area contributed by atoms with Crippen LogP contribution < -0.4 is 5.32 Å². The van der Waals surface area contributed by atoms with Crippen LogP contribution in [0, 0.1) is 5.82 Å². The molecular weight excluding hydrogens is 516 g/mol. The van der Waals surface area contributed by atoms with Crippen LogP contribution in [0.2, 0.25) is 0 Å². The molecule has 2 saturated heterocycles. The molecule has 31 heavy (non-hydrogen) atoms. The number of aliphatic imine (C=N–C) groups is 1. The minimum Gasteiger partial charge on any atom is -0.450 e. The summed E-state index contributed by atoms with van der Waals surface area (Å²) in [6.45, 7) is 8.49. The average molecular weight is 549 g/mol. The second kappa shape index (κ2) is 13.0. The number of nitrogens with one attached hydrogen (secondary N) is 1. The van der Waals surface area contributed by atoms with Crippen molar-refractivity contribution in [2.45, 2.75) is 13.0 Å². The number of halogens is 2. The number of hydrogen-bond donors (Lipinski definition) is 1.